The van der Waals surface area contributed by atoms with Crippen molar-refractivity contribution in [3.63, 3.8) is 0 Å². The zero-order chi connectivity index (χ0) is 15.5. The van der Waals surface area contributed by atoms with Crippen LogP contribution in [0.25, 0.3) is 0 Å². The van der Waals surface area contributed by atoms with E-state index in [0.717, 1.165) is 5.92 Å². The van der Waals surface area contributed by atoms with Crippen LogP contribution in [0.3, 0.4) is 0 Å². The molecule has 0 saturated heterocycles. The standard InChI is InChI=1S/C20H26F2/c1-2-3-14-4-6-15(7-5-14)16-8-10-17(11-9-16)18-12-19(13-18)20(21)22/h8-11,14-15,18H,2-7,12-13H2,1H3. The largest absolute Gasteiger partial charge is 0.269 e. The highest BCUT2D eigenvalue weighted by molar-refractivity contribution is 5.33. The third-order valence-electron chi connectivity index (χ3n) is 5.68. The summed E-state index contributed by atoms with van der Waals surface area (Å²) in [7, 11) is 0. The summed E-state index contributed by atoms with van der Waals surface area (Å²) in [6.07, 6.45) is 7.68. The van der Waals surface area contributed by atoms with Crippen molar-refractivity contribution < 1.29 is 8.78 Å². The summed E-state index contributed by atoms with van der Waals surface area (Å²) in [6, 6.07) is 8.83. The molecule has 1 aromatic rings. The van der Waals surface area contributed by atoms with Crippen LogP contribution in [-0.2, 0) is 0 Å². The molecule has 2 aliphatic carbocycles. The minimum atomic E-state index is -1.46. The Labute approximate surface area is 132 Å². The maximum atomic E-state index is 12.4. The van der Waals surface area contributed by atoms with Gasteiger partial charge in [0.25, 0.3) is 6.08 Å². The summed E-state index contributed by atoms with van der Waals surface area (Å²) < 4.78 is 24.9. The minimum Gasteiger partial charge on any atom is -0.173 e. The van der Waals surface area contributed by atoms with Crippen molar-refractivity contribution in [3.8, 4) is 0 Å². The minimum absolute atomic E-state index is 0.311. The molecule has 2 fully saturated rings. The monoisotopic (exact) mass is 304 g/mol. The lowest BCUT2D eigenvalue weighted by Crippen LogP contribution is -2.15. The Morgan fingerprint density at radius 1 is 0.909 bits per heavy atom. The van der Waals surface area contributed by atoms with E-state index in [1.165, 1.54) is 49.7 Å². The van der Waals surface area contributed by atoms with Gasteiger partial charge in [0.05, 0.1) is 0 Å². The lowest BCUT2D eigenvalue weighted by molar-refractivity contribution is 0.308. The molecule has 22 heavy (non-hydrogen) atoms. The summed E-state index contributed by atoms with van der Waals surface area (Å²) in [4.78, 5) is 0. The van der Waals surface area contributed by atoms with Gasteiger partial charge in [0.1, 0.15) is 0 Å². The van der Waals surface area contributed by atoms with Crippen molar-refractivity contribution in [2.75, 3.05) is 0 Å². The smallest absolute Gasteiger partial charge is 0.173 e. The number of rotatable bonds is 4. The van der Waals surface area contributed by atoms with E-state index >= 15 is 0 Å². The fourth-order valence-corrected chi connectivity index (χ4v) is 4.16. The Morgan fingerprint density at radius 3 is 1.95 bits per heavy atom. The van der Waals surface area contributed by atoms with E-state index < -0.39 is 6.08 Å². The molecule has 0 nitrogen and oxygen atoms in total. The first-order valence-corrected chi connectivity index (χ1v) is 8.80. The van der Waals surface area contributed by atoms with E-state index in [0.29, 0.717) is 30.3 Å². The first-order valence-electron chi connectivity index (χ1n) is 8.80. The fraction of sp³-hybridized carbons (Fsp3) is 0.600. The molecular weight excluding hydrogens is 278 g/mol. The van der Waals surface area contributed by atoms with Gasteiger partial charge in [-0.15, -0.1) is 0 Å². The number of benzene rings is 1. The van der Waals surface area contributed by atoms with Crippen molar-refractivity contribution in [1.82, 2.24) is 0 Å². The van der Waals surface area contributed by atoms with Gasteiger partial charge in [-0.2, -0.15) is 8.78 Å². The average Bonchev–Trinajstić information content (AvgIpc) is 2.47. The van der Waals surface area contributed by atoms with E-state index in [1.807, 2.05) is 0 Å². The van der Waals surface area contributed by atoms with E-state index in [2.05, 4.69) is 31.2 Å². The normalized spacial score (nSPS) is 28.3. The summed E-state index contributed by atoms with van der Waals surface area (Å²) in [6.45, 7) is 2.28. The second-order valence-corrected chi connectivity index (χ2v) is 7.14. The third-order valence-corrected chi connectivity index (χ3v) is 5.68. The molecule has 0 unspecified atom stereocenters. The van der Waals surface area contributed by atoms with E-state index in [-0.39, 0.29) is 0 Å². The van der Waals surface area contributed by atoms with Crippen molar-refractivity contribution in [2.45, 2.75) is 70.1 Å². The summed E-state index contributed by atoms with van der Waals surface area (Å²) >= 11 is 0. The molecule has 0 atom stereocenters. The molecule has 2 heteroatoms. The predicted molar refractivity (Wildman–Crippen MR) is 87.3 cm³/mol. The Bertz CT molecular complexity index is 509. The van der Waals surface area contributed by atoms with Crippen LogP contribution >= 0.6 is 0 Å². The Kier molecular flexibility index (Phi) is 4.95. The van der Waals surface area contributed by atoms with Gasteiger partial charge >= 0.3 is 0 Å². The molecule has 0 bridgehead atoms. The Balaban J connectivity index is 1.56. The lowest BCUT2D eigenvalue weighted by Gasteiger charge is -2.30. The molecule has 1 aromatic carbocycles. The predicted octanol–water partition coefficient (Wildman–Crippen LogP) is 6.79. The van der Waals surface area contributed by atoms with Gasteiger partial charge in [0.2, 0.25) is 0 Å². The van der Waals surface area contributed by atoms with Gasteiger partial charge < -0.3 is 0 Å². The van der Waals surface area contributed by atoms with Gasteiger partial charge in [-0.25, -0.2) is 0 Å². The van der Waals surface area contributed by atoms with Crippen molar-refractivity contribution in [2.24, 2.45) is 5.92 Å². The molecule has 2 aliphatic rings. The Hall–Kier alpha value is -1.18. The maximum Gasteiger partial charge on any atom is 0.269 e. The highest BCUT2D eigenvalue weighted by Gasteiger charge is 2.28. The zero-order valence-corrected chi connectivity index (χ0v) is 13.5. The second kappa shape index (κ2) is 6.93. The SMILES string of the molecule is CCCC1CCC(c2ccc(C3CC(=C(F)F)C3)cc2)CC1. The fourth-order valence-electron chi connectivity index (χ4n) is 4.16. The van der Waals surface area contributed by atoms with Crippen LogP contribution in [0.2, 0.25) is 0 Å². The van der Waals surface area contributed by atoms with Crippen molar-refractivity contribution >= 4 is 0 Å². The van der Waals surface area contributed by atoms with Gasteiger partial charge in [0, 0.05) is 0 Å². The van der Waals surface area contributed by atoms with E-state index in [9.17, 15) is 8.78 Å². The first kappa shape index (κ1) is 15.7. The third kappa shape index (κ3) is 3.42. The number of allylic oxidation sites excluding steroid dienone is 1. The van der Waals surface area contributed by atoms with E-state index in [4.69, 9.17) is 0 Å². The van der Waals surface area contributed by atoms with E-state index in [1.54, 1.807) is 0 Å². The number of hydrogen-bond acceptors (Lipinski definition) is 0. The zero-order valence-electron chi connectivity index (χ0n) is 13.5. The van der Waals surface area contributed by atoms with Crippen LogP contribution in [0.15, 0.2) is 35.9 Å². The molecule has 0 N–H and O–H groups in total. The summed E-state index contributed by atoms with van der Waals surface area (Å²) in [5.74, 6) is 1.96. The average molecular weight is 304 g/mol. The molecule has 0 radical (unpaired) electrons. The lowest BCUT2D eigenvalue weighted by atomic mass is 9.74. The van der Waals surface area contributed by atoms with Crippen molar-refractivity contribution in [3.05, 3.63) is 47.0 Å². The van der Waals surface area contributed by atoms with Crippen LogP contribution in [0.5, 0.6) is 0 Å². The first-order chi connectivity index (χ1) is 10.7. The van der Waals surface area contributed by atoms with Gasteiger partial charge in [-0.05, 0) is 73.0 Å². The van der Waals surface area contributed by atoms with Crippen LogP contribution in [0.1, 0.15) is 81.3 Å². The quantitative estimate of drug-likeness (QED) is 0.574. The number of hydrogen-bond donors (Lipinski definition) is 0. The molecule has 120 valence electrons. The van der Waals surface area contributed by atoms with Gasteiger partial charge in [-0.1, -0.05) is 44.0 Å². The highest BCUT2D eigenvalue weighted by Crippen LogP contribution is 2.44. The molecule has 0 spiro atoms. The Morgan fingerprint density at radius 2 is 1.45 bits per heavy atom. The summed E-state index contributed by atoms with van der Waals surface area (Å²) in [5, 5.41) is 0. The van der Waals surface area contributed by atoms with Gasteiger partial charge in [0.15, 0.2) is 0 Å². The number of halogens is 2. The molecule has 0 aliphatic heterocycles. The highest BCUT2D eigenvalue weighted by atomic mass is 19.3. The summed E-state index contributed by atoms with van der Waals surface area (Å²) in [5.41, 5.74) is 3.03. The topological polar surface area (TPSA) is 0 Å². The van der Waals surface area contributed by atoms with Crippen LogP contribution < -0.4 is 0 Å². The van der Waals surface area contributed by atoms with Crippen LogP contribution in [-0.4, -0.2) is 0 Å². The maximum absolute atomic E-state index is 12.4. The second-order valence-electron chi connectivity index (χ2n) is 7.14. The molecule has 0 aromatic heterocycles. The van der Waals surface area contributed by atoms with Crippen LogP contribution in [0, 0.1) is 5.92 Å². The van der Waals surface area contributed by atoms with Crippen molar-refractivity contribution in [1.29, 1.82) is 0 Å². The van der Waals surface area contributed by atoms with Gasteiger partial charge in [-0.3, -0.25) is 0 Å². The molecule has 2 saturated carbocycles. The van der Waals surface area contributed by atoms with Crippen LogP contribution in [0.4, 0.5) is 8.78 Å². The molecule has 3 rings (SSSR count). The molecular formula is C20H26F2. The molecule has 0 amide bonds. The molecule has 0 heterocycles.